The summed E-state index contributed by atoms with van der Waals surface area (Å²) in [5.41, 5.74) is 0. The number of rotatable bonds is 5. The van der Waals surface area contributed by atoms with Gasteiger partial charge in [-0.05, 0) is 0 Å². The fourth-order valence-corrected chi connectivity index (χ4v) is 0.596. The van der Waals surface area contributed by atoms with Crippen molar-refractivity contribution in [2.24, 2.45) is 0 Å². The molecule has 0 fully saturated rings. The Morgan fingerprint density at radius 2 is 1.76 bits per heavy atom. The zero-order valence-electron chi connectivity index (χ0n) is 9.89. The van der Waals surface area contributed by atoms with E-state index < -0.39 is 31.3 Å². The molecule has 0 aromatic rings. The van der Waals surface area contributed by atoms with Gasteiger partial charge < -0.3 is 9.47 Å². The molecule has 0 atom stereocenters. The number of carbonyl (C=O) groups excluding carboxylic acids is 2. The molecule has 0 spiro atoms. The standard InChI is InChI=1S/C9H12F3O4.Rb/c1-3-6(2)8(14)15-4-7(13)16-5-9(10,11)12;/h3-5H2,1-2H3;/q-1;+1. The van der Waals surface area contributed by atoms with E-state index in [2.05, 4.69) is 9.47 Å². The maximum Gasteiger partial charge on any atom is 1.00 e. The third kappa shape index (κ3) is 11.2. The summed E-state index contributed by atoms with van der Waals surface area (Å²) in [5, 5.41) is 0. The van der Waals surface area contributed by atoms with Crippen LogP contribution >= 0.6 is 0 Å². The minimum absolute atomic E-state index is 0. The molecule has 17 heavy (non-hydrogen) atoms. The zero-order valence-corrected chi connectivity index (χ0v) is 14.8. The van der Waals surface area contributed by atoms with Crippen molar-refractivity contribution in [3.63, 3.8) is 0 Å². The van der Waals surface area contributed by atoms with Gasteiger partial charge in [0.25, 0.3) is 0 Å². The summed E-state index contributed by atoms with van der Waals surface area (Å²) in [6, 6.07) is 0. The maximum atomic E-state index is 11.6. The van der Waals surface area contributed by atoms with Gasteiger partial charge in [-0.3, -0.25) is 10.7 Å². The third-order valence-electron chi connectivity index (χ3n) is 1.60. The summed E-state index contributed by atoms with van der Waals surface area (Å²) in [5.74, 6) is -1.57. The van der Waals surface area contributed by atoms with E-state index in [1.165, 1.54) is 6.92 Å². The molecule has 4 nitrogen and oxygen atoms in total. The Kier molecular flexibility index (Phi) is 10.9. The van der Waals surface area contributed by atoms with E-state index in [4.69, 9.17) is 0 Å². The topological polar surface area (TPSA) is 52.6 Å². The molecular weight excluding hydrogens is 315 g/mol. The first-order valence-corrected chi connectivity index (χ1v) is 4.48. The molecule has 0 aliphatic heterocycles. The second-order valence-corrected chi connectivity index (χ2v) is 2.99. The molecule has 0 saturated carbocycles. The zero-order chi connectivity index (χ0) is 12.8. The molecule has 0 aliphatic carbocycles. The van der Waals surface area contributed by atoms with Gasteiger partial charge in [0.1, 0.15) is 0 Å². The van der Waals surface area contributed by atoms with E-state index in [0.29, 0.717) is 12.3 Å². The summed E-state index contributed by atoms with van der Waals surface area (Å²) in [6.07, 6.45) is -4.14. The SMILES string of the molecule is CC[C-](C)C(=O)OCC(=O)OCC(F)(F)F.[Rb+]. The Labute approximate surface area is 146 Å². The van der Waals surface area contributed by atoms with Crippen molar-refractivity contribution in [1.29, 1.82) is 0 Å². The molecule has 8 heteroatoms. The Balaban J connectivity index is 0. The van der Waals surface area contributed by atoms with Gasteiger partial charge in [-0.1, -0.05) is 6.92 Å². The van der Waals surface area contributed by atoms with Crippen LogP contribution in [0.15, 0.2) is 0 Å². The van der Waals surface area contributed by atoms with Gasteiger partial charge in [0, 0.05) is 0 Å². The average molecular weight is 327 g/mol. The van der Waals surface area contributed by atoms with Gasteiger partial charge in [-0.15, -0.1) is 0 Å². The van der Waals surface area contributed by atoms with Crippen LogP contribution in [0.1, 0.15) is 20.3 Å². The van der Waals surface area contributed by atoms with Crippen molar-refractivity contribution in [2.45, 2.75) is 26.4 Å². The fraction of sp³-hybridized carbons (Fsp3) is 0.667. The number of ether oxygens (including phenoxy) is 2. The van der Waals surface area contributed by atoms with Crippen LogP contribution in [0, 0.1) is 5.92 Å². The van der Waals surface area contributed by atoms with Gasteiger partial charge in [0.15, 0.2) is 19.2 Å². The van der Waals surface area contributed by atoms with Crippen LogP contribution in [0.2, 0.25) is 0 Å². The van der Waals surface area contributed by atoms with Crippen LogP contribution in [-0.4, -0.2) is 31.3 Å². The number of esters is 2. The molecule has 0 rings (SSSR count). The largest absolute Gasteiger partial charge is 1.00 e. The predicted octanol–water partition coefficient (Wildman–Crippen LogP) is -1.36. The van der Waals surface area contributed by atoms with Crippen LogP contribution < -0.4 is 58.2 Å². The first kappa shape index (κ1) is 19.7. The Morgan fingerprint density at radius 3 is 2.18 bits per heavy atom. The van der Waals surface area contributed by atoms with Gasteiger partial charge in [-0.2, -0.15) is 26.5 Å². The van der Waals surface area contributed by atoms with Crippen LogP contribution in [0.3, 0.4) is 0 Å². The van der Waals surface area contributed by atoms with E-state index in [-0.39, 0.29) is 58.2 Å². The molecule has 0 aliphatic rings. The minimum atomic E-state index is -4.58. The molecule has 0 bridgehead atoms. The Hall–Kier alpha value is 0.405. The van der Waals surface area contributed by atoms with Gasteiger partial charge in [0.2, 0.25) is 0 Å². The van der Waals surface area contributed by atoms with Gasteiger partial charge in [-0.25, -0.2) is 4.79 Å². The van der Waals surface area contributed by atoms with E-state index in [1.54, 1.807) is 6.92 Å². The van der Waals surface area contributed by atoms with E-state index >= 15 is 0 Å². The molecule has 94 valence electrons. The smallest absolute Gasteiger partial charge is 0.476 e. The van der Waals surface area contributed by atoms with Crippen molar-refractivity contribution in [1.82, 2.24) is 0 Å². The first-order chi connectivity index (χ1) is 7.26. The molecule has 0 aromatic heterocycles. The Bertz CT molecular complexity index is 255. The van der Waals surface area contributed by atoms with Crippen molar-refractivity contribution in [3.8, 4) is 0 Å². The first-order valence-electron chi connectivity index (χ1n) is 4.48. The molecule has 0 unspecified atom stereocenters. The normalized spacial score (nSPS) is 10.2. The summed E-state index contributed by atoms with van der Waals surface area (Å²) < 4.78 is 43.0. The molecule has 0 N–H and O–H groups in total. The summed E-state index contributed by atoms with van der Waals surface area (Å²) in [7, 11) is 0. The van der Waals surface area contributed by atoms with Crippen LogP contribution in [0.4, 0.5) is 13.2 Å². The second-order valence-electron chi connectivity index (χ2n) is 2.99. The molecule has 0 heterocycles. The molecule has 0 amide bonds. The Morgan fingerprint density at radius 1 is 1.24 bits per heavy atom. The number of carbonyl (C=O) groups is 2. The summed E-state index contributed by atoms with van der Waals surface area (Å²) in [4.78, 5) is 21.7. The van der Waals surface area contributed by atoms with Crippen LogP contribution in [0.5, 0.6) is 0 Å². The van der Waals surface area contributed by atoms with Crippen molar-refractivity contribution < 1.29 is 90.4 Å². The number of alkyl halides is 3. The molecule has 0 radical (unpaired) electrons. The fourth-order valence-electron chi connectivity index (χ4n) is 0.596. The molecular formula is C9H12F3O4Rb. The number of hydrogen-bond acceptors (Lipinski definition) is 4. The van der Waals surface area contributed by atoms with Crippen molar-refractivity contribution in [2.75, 3.05) is 13.2 Å². The minimum Gasteiger partial charge on any atom is -0.476 e. The van der Waals surface area contributed by atoms with Crippen LogP contribution in [0.25, 0.3) is 0 Å². The van der Waals surface area contributed by atoms with Crippen molar-refractivity contribution >= 4 is 11.9 Å². The predicted molar refractivity (Wildman–Crippen MR) is 47.2 cm³/mol. The van der Waals surface area contributed by atoms with E-state index in [1.807, 2.05) is 0 Å². The molecule has 0 saturated heterocycles. The van der Waals surface area contributed by atoms with Gasteiger partial charge in [0.05, 0.1) is 0 Å². The van der Waals surface area contributed by atoms with E-state index in [9.17, 15) is 22.8 Å². The van der Waals surface area contributed by atoms with Crippen LogP contribution in [-0.2, 0) is 19.1 Å². The second kappa shape index (κ2) is 9.35. The average Bonchev–Trinajstić information content (AvgIpc) is 2.20. The monoisotopic (exact) mass is 326 g/mol. The van der Waals surface area contributed by atoms with Crippen molar-refractivity contribution in [3.05, 3.63) is 5.92 Å². The summed E-state index contributed by atoms with van der Waals surface area (Å²) >= 11 is 0. The third-order valence-corrected chi connectivity index (χ3v) is 1.60. The maximum absolute atomic E-state index is 11.6. The van der Waals surface area contributed by atoms with Gasteiger partial charge >= 0.3 is 70.3 Å². The quantitative estimate of drug-likeness (QED) is 0.463. The summed E-state index contributed by atoms with van der Waals surface area (Å²) in [6.45, 7) is 0.716. The molecule has 0 aromatic carbocycles. The number of hydrogen-bond donors (Lipinski definition) is 0. The van der Waals surface area contributed by atoms with E-state index in [0.717, 1.165) is 0 Å². The number of halogens is 3.